The van der Waals surface area contributed by atoms with E-state index >= 15 is 0 Å². The van der Waals surface area contributed by atoms with Crippen LogP contribution in [0.3, 0.4) is 0 Å². The van der Waals surface area contributed by atoms with Crippen molar-refractivity contribution in [2.45, 2.75) is 12.6 Å². The Morgan fingerprint density at radius 2 is 2.12 bits per heavy atom. The average molecular weight is 472 g/mol. The third-order valence-electron chi connectivity index (χ3n) is 5.26. The molecule has 1 fully saturated rings. The molecule has 11 nitrogen and oxygen atoms in total. The van der Waals surface area contributed by atoms with Crippen molar-refractivity contribution in [2.24, 2.45) is 0 Å². The van der Waals surface area contributed by atoms with Gasteiger partial charge in [-0.15, -0.1) is 0 Å². The van der Waals surface area contributed by atoms with E-state index in [1.165, 1.54) is 30.7 Å². The van der Waals surface area contributed by atoms with Crippen LogP contribution in [-0.2, 0) is 20.9 Å². The molecule has 3 heterocycles. The van der Waals surface area contributed by atoms with Gasteiger partial charge in [0.05, 0.1) is 24.5 Å². The van der Waals surface area contributed by atoms with Gasteiger partial charge in [0.25, 0.3) is 5.91 Å². The highest BCUT2D eigenvalue weighted by Crippen LogP contribution is 2.21. The maximum atomic E-state index is 13.2. The van der Waals surface area contributed by atoms with Crippen LogP contribution in [0.5, 0.6) is 5.88 Å². The maximum absolute atomic E-state index is 13.2. The fourth-order valence-corrected chi connectivity index (χ4v) is 3.81. The van der Waals surface area contributed by atoms with Gasteiger partial charge in [-0.1, -0.05) is 17.7 Å². The Morgan fingerprint density at radius 1 is 1.27 bits per heavy atom. The number of fused-ring (bicyclic) bond motifs is 1. The summed E-state index contributed by atoms with van der Waals surface area (Å²) in [7, 11) is 1.49. The normalized spacial score (nSPS) is 16.3. The van der Waals surface area contributed by atoms with E-state index in [1.807, 2.05) is 18.2 Å². The number of aromatic nitrogens is 4. The molecule has 0 aliphatic carbocycles. The third-order valence-corrected chi connectivity index (χ3v) is 5.44. The summed E-state index contributed by atoms with van der Waals surface area (Å²) in [5, 5.41) is 0.911. The van der Waals surface area contributed by atoms with E-state index in [-0.39, 0.29) is 36.1 Å². The number of methoxy groups -OCH3 is 1. The molecular formula is C21H22ClN7O4. The molecule has 2 N–H and O–H groups in total. The first kappa shape index (κ1) is 22.6. The Hall–Kier alpha value is -3.57. The van der Waals surface area contributed by atoms with Crippen LogP contribution in [0, 0.1) is 0 Å². The third kappa shape index (κ3) is 5.10. The first-order valence-electron chi connectivity index (χ1n) is 10.1. The van der Waals surface area contributed by atoms with Crippen molar-refractivity contribution in [2.75, 3.05) is 39.1 Å². The van der Waals surface area contributed by atoms with Crippen LogP contribution in [0.15, 0.2) is 36.9 Å². The zero-order valence-electron chi connectivity index (χ0n) is 17.8. The number of nitrogen functional groups attached to an aromatic ring is 1. The fraction of sp³-hybridized carbons (Fsp3) is 0.333. The number of carbonyl (C=O) groups is 2. The van der Waals surface area contributed by atoms with E-state index in [2.05, 4.69) is 19.9 Å². The number of hydrogen-bond acceptors (Lipinski definition) is 9. The summed E-state index contributed by atoms with van der Waals surface area (Å²) in [5.41, 5.74) is 7.49. The number of amides is 2. The molecule has 33 heavy (non-hydrogen) atoms. The van der Waals surface area contributed by atoms with E-state index in [9.17, 15) is 9.59 Å². The van der Waals surface area contributed by atoms with Crippen LogP contribution in [0.2, 0.25) is 5.15 Å². The predicted octanol–water partition coefficient (Wildman–Crippen LogP) is 0.920. The van der Waals surface area contributed by atoms with Crippen molar-refractivity contribution < 1.29 is 19.1 Å². The fourth-order valence-electron chi connectivity index (χ4n) is 3.67. The summed E-state index contributed by atoms with van der Waals surface area (Å²) in [5.74, 6) is -0.0308. The van der Waals surface area contributed by atoms with E-state index in [0.29, 0.717) is 31.0 Å². The lowest BCUT2D eigenvalue weighted by molar-refractivity contribution is -0.155. The molecule has 0 spiro atoms. The molecule has 0 unspecified atom stereocenters. The molecule has 4 rings (SSSR count). The van der Waals surface area contributed by atoms with Gasteiger partial charge >= 0.3 is 0 Å². The molecule has 1 aliphatic heterocycles. The number of piperazine rings is 1. The number of carbonyl (C=O) groups excluding carboxylic acids is 2. The molecule has 1 saturated heterocycles. The van der Waals surface area contributed by atoms with Crippen molar-refractivity contribution >= 4 is 40.1 Å². The van der Waals surface area contributed by atoms with E-state index in [0.717, 1.165) is 10.9 Å². The lowest BCUT2D eigenvalue weighted by atomic mass is 10.1. The van der Waals surface area contributed by atoms with Crippen LogP contribution in [-0.4, -0.2) is 81.0 Å². The van der Waals surface area contributed by atoms with Gasteiger partial charge in [-0.2, -0.15) is 4.98 Å². The van der Waals surface area contributed by atoms with Gasteiger partial charge in [0.2, 0.25) is 11.8 Å². The van der Waals surface area contributed by atoms with Crippen LogP contribution in [0.1, 0.15) is 5.56 Å². The van der Waals surface area contributed by atoms with Crippen molar-refractivity contribution in [1.29, 1.82) is 0 Å². The first-order valence-corrected chi connectivity index (χ1v) is 10.5. The maximum Gasteiger partial charge on any atom is 0.261 e. The van der Waals surface area contributed by atoms with Crippen molar-refractivity contribution in [3.63, 3.8) is 0 Å². The minimum absolute atomic E-state index is 0.0690. The number of benzene rings is 1. The summed E-state index contributed by atoms with van der Waals surface area (Å²) in [4.78, 5) is 45.2. The molecule has 0 radical (unpaired) electrons. The monoisotopic (exact) mass is 471 g/mol. The smallest absolute Gasteiger partial charge is 0.261 e. The van der Waals surface area contributed by atoms with Crippen molar-refractivity contribution in [3.8, 4) is 5.88 Å². The quantitative estimate of drug-likeness (QED) is 0.533. The highest BCUT2D eigenvalue weighted by molar-refractivity contribution is 6.29. The Labute approximate surface area is 194 Å². The van der Waals surface area contributed by atoms with Crippen LogP contribution in [0.4, 0.5) is 5.82 Å². The molecule has 0 saturated carbocycles. The highest BCUT2D eigenvalue weighted by atomic mass is 35.5. The lowest BCUT2D eigenvalue weighted by Gasteiger charge is -2.40. The number of anilines is 1. The second-order valence-corrected chi connectivity index (χ2v) is 7.78. The number of ether oxygens (including phenoxy) is 2. The molecule has 1 atom stereocenters. The van der Waals surface area contributed by atoms with Gasteiger partial charge < -0.3 is 25.0 Å². The first-order chi connectivity index (χ1) is 16.0. The topological polar surface area (TPSA) is 137 Å². The van der Waals surface area contributed by atoms with Gasteiger partial charge in [-0.05, 0) is 17.7 Å². The molecule has 2 amide bonds. The Bertz CT molecular complexity index is 1180. The number of nitrogens with zero attached hydrogens (tertiary/aromatic N) is 6. The molecule has 3 aromatic rings. The lowest BCUT2D eigenvalue weighted by Crippen LogP contribution is -2.60. The molecule has 0 bridgehead atoms. The standard InChI is InChI=1S/C21H22ClN7O4/c1-32-10-16-21(31)28(9-13-2-3-14-15(6-13)25-12-26-20(14)23)4-5-29(16)19(30)11-33-18-8-24-7-17(22)27-18/h2-3,6-8,12,16H,4-5,9-11H2,1H3,(H2,23,25,26)/t16-/m0/s1. The van der Waals surface area contributed by atoms with Gasteiger partial charge in [0.1, 0.15) is 18.2 Å². The minimum atomic E-state index is -0.760. The van der Waals surface area contributed by atoms with Crippen LogP contribution < -0.4 is 10.5 Å². The molecular weight excluding hydrogens is 450 g/mol. The Morgan fingerprint density at radius 3 is 2.91 bits per heavy atom. The van der Waals surface area contributed by atoms with Crippen molar-refractivity contribution in [1.82, 2.24) is 29.7 Å². The molecule has 172 valence electrons. The van der Waals surface area contributed by atoms with Gasteiger partial charge in [-0.25, -0.2) is 9.97 Å². The number of halogens is 1. The minimum Gasteiger partial charge on any atom is -0.466 e. The number of hydrogen-bond donors (Lipinski definition) is 1. The summed E-state index contributed by atoms with van der Waals surface area (Å²) in [6, 6.07) is 4.85. The average Bonchev–Trinajstić information content (AvgIpc) is 2.80. The number of nitrogens with two attached hydrogens (primary N) is 1. The highest BCUT2D eigenvalue weighted by Gasteiger charge is 2.37. The van der Waals surface area contributed by atoms with E-state index in [1.54, 1.807) is 4.90 Å². The van der Waals surface area contributed by atoms with Crippen LogP contribution in [0.25, 0.3) is 10.9 Å². The van der Waals surface area contributed by atoms with Gasteiger partial charge in [-0.3, -0.25) is 14.6 Å². The van der Waals surface area contributed by atoms with Crippen LogP contribution >= 0.6 is 11.6 Å². The molecule has 1 aliphatic rings. The van der Waals surface area contributed by atoms with E-state index in [4.69, 9.17) is 26.8 Å². The molecule has 1 aromatic carbocycles. The summed E-state index contributed by atoms with van der Waals surface area (Å²) in [6.07, 6.45) is 4.12. The summed E-state index contributed by atoms with van der Waals surface area (Å²) in [6.45, 7) is 0.848. The zero-order chi connectivity index (χ0) is 23.4. The molecule has 2 aromatic heterocycles. The van der Waals surface area contributed by atoms with Crippen molar-refractivity contribution in [3.05, 3.63) is 47.6 Å². The van der Waals surface area contributed by atoms with Gasteiger partial charge in [0.15, 0.2) is 11.8 Å². The Kier molecular flexibility index (Phi) is 6.80. The largest absolute Gasteiger partial charge is 0.466 e. The summed E-state index contributed by atoms with van der Waals surface area (Å²) >= 11 is 5.79. The zero-order valence-corrected chi connectivity index (χ0v) is 18.6. The SMILES string of the molecule is COC[C@H]1C(=O)N(Cc2ccc3c(N)ncnc3c2)CCN1C(=O)COc1cncc(Cl)n1. The molecule has 12 heteroatoms. The van der Waals surface area contributed by atoms with Gasteiger partial charge in [0, 0.05) is 32.1 Å². The second kappa shape index (κ2) is 9.92. The number of rotatable bonds is 7. The second-order valence-electron chi connectivity index (χ2n) is 7.40. The summed E-state index contributed by atoms with van der Waals surface area (Å²) < 4.78 is 10.6. The predicted molar refractivity (Wildman–Crippen MR) is 119 cm³/mol. The Balaban J connectivity index is 1.44. The van der Waals surface area contributed by atoms with E-state index < -0.39 is 6.04 Å².